The van der Waals surface area contributed by atoms with Crippen LogP contribution in [0.4, 0.5) is 0 Å². The Bertz CT molecular complexity index is 817. The molecule has 0 fully saturated rings. The van der Waals surface area contributed by atoms with Crippen molar-refractivity contribution in [3.05, 3.63) is 57.6 Å². The molecule has 0 bridgehead atoms. The molecule has 3 rings (SSSR count). The van der Waals surface area contributed by atoms with Crippen molar-refractivity contribution < 1.29 is 9.21 Å². The molecule has 1 atom stereocenters. The molecular formula is C17H16ClN3O2S. The van der Waals surface area contributed by atoms with Gasteiger partial charge in [-0.25, -0.2) is 0 Å². The van der Waals surface area contributed by atoms with E-state index >= 15 is 0 Å². The molecule has 24 heavy (non-hydrogen) atoms. The third-order valence-electron chi connectivity index (χ3n) is 3.55. The minimum absolute atomic E-state index is 0.0855. The van der Waals surface area contributed by atoms with Crippen LogP contribution in [0.3, 0.4) is 0 Å². The van der Waals surface area contributed by atoms with Crippen LogP contribution in [-0.4, -0.2) is 16.1 Å². The van der Waals surface area contributed by atoms with Crippen LogP contribution in [0.5, 0.6) is 0 Å². The van der Waals surface area contributed by atoms with Gasteiger partial charge in [-0.2, -0.15) is 11.3 Å². The number of carbonyl (C=O) groups is 1. The van der Waals surface area contributed by atoms with Crippen LogP contribution >= 0.6 is 22.9 Å². The van der Waals surface area contributed by atoms with Crippen LogP contribution < -0.4 is 5.32 Å². The largest absolute Gasteiger partial charge is 0.421 e. The maximum atomic E-state index is 12.1. The van der Waals surface area contributed by atoms with E-state index in [1.165, 1.54) is 0 Å². The first kappa shape index (κ1) is 16.7. The van der Waals surface area contributed by atoms with Crippen molar-refractivity contribution in [2.45, 2.75) is 25.8 Å². The summed E-state index contributed by atoms with van der Waals surface area (Å²) in [6, 6.07) is 9.23. The molecule has 2 aromatic heterocycles. The monoisotopic (exact) mass is 361 g/mol. The van der Waals surface area contributed by atoms with E-state index in [9.17, 15) is 4.79 Å². The van der Waals surface area contributed by atoms with Gasteiger partial charge in [0.05, 0.1) is 6.04 Å². The molecule has 5 nitrogen and oxygen atoms in total. The molecule has 0 aliphatic carbocycles. The Morgan fingerprint density at radius 1 is 1.33 bits per heavy atom. The summed E-state index contributed by atoms with van der Waals surface area (Å²) in [6.45, 7) is 1.90. The Labute approximate surface area is 148 Å². The molecule has 124 valence electrons. The number of hydrogen-bond donors (Lipinski definition) is 1. The van der Waals surface area contributed by atoms with Gasteiger partial charge in [-0.05, 0) is 30.0 Å². The summed E-state index contributed by atoms with van der Waals surface area (Å²) >= 11 is 7.71. The highest BCUT2D eigenvalue weighted by molar-refractivity contribution is 7.08. The molecule has 0 spiro atoms. The molecule has 2 heterocycles. The predicted molar refractivity (Wildman–Crippen MR) is 93.9 cm³/mol. The molecule has 1 aromatic carbocycles. The summed E-state index contributed by atoms with van der Waals surface area (Å²) in [6.07, 6.45) is 0.679. The van der Waals surface area contributed by atoms with Gasteiger partial charge in [0.2, 0.25) is 17.7 Å². The number of nitrogens with zero attached hydrogens (tertiary/aromatic N) is 2. The molecule has 0 saturated heterocycles. The van der Waals surface area contributed by atoms with Crippen molar-refractivity contribution in [1.29, 1.82) is 0 Å². The Balaban J connectivity index is 1.53. The topological polar surface area (TPSA) is 68.0 Å². The zero-order valence-electron chi connectivity index (χ0n) is 13.0. The molecule has 1 amide bonds. The van der Waals surface area contributed by atoms with Crippen LogP contribution in [0.25, 0.3) is 11.5 Å². The van der Waals surface area contributed by atoms with Crippen molar-refractivity contribution >= 4 is 28.8 Å². The van der Waals surface area contributed by atoms with Crippen molar-refractivity contribution in [1.82, 2.24) is 15.5 Å². The lowest BCUT2D eigenvalue weighted by molar-refractivity contribution is -0.121. The quantitative estimate of drug-likeness (QED) is 0.712. The second-order valence-corrected chi connectivity index (χ2v) is 6.51. The van der Waals surface area contributed by atoms with E-state index in [4.69, 9.17) is 16.0 Å². The molecule has 0 aliphatic heterocycles. The minimum atomic E-state index is -0.157. The van der Waals surface area contributed by atoms with Gasteiger partial charge in [-0.1, -0.05) is 29.8 Å². The van der Waals surface area contributed by atoms with Gasteiger partial charge in [-0.3, -0.25) is 4.79 Å². The second-order valence-electron chi connectivity index (χ2n) is 5.32. The Hall–Kier alpha value is -2.18. The molecule has 0 saturated carbocycles. The fourth-order valence-electron chi connectivity index (χ4n) is 2.30. The number of hydrogen-bond acceptors (Lipinski definition) is 5. The van der Waals surface area contributed by atoms with E-state index in [0.29, 0.717) is 23.2 Å². The van der Waals surface area contributed by atoms with Gasteiger partial charge in [0.1, 0.15) is 0 Å². The number of halogens is 1. The van der Waals surface area contributed by atoms with Crippen molar-refractivity contribution in [3.63, 3.8) is 0 Å². The third kappa shape index (κ3) is 4.01. The summed E-state index contributed by atoms with van der Waals surface area (Å²) in [7, 11) is 0. The molecule has 1 unspecified atom stereocenters. The summed E-state index contributed by atoms with van der Waals surface area (Å²) in [5.74, 6) is 0.852. The molecule has 1 N–H and O–H groups in total. The lowest BCUT2D eigenvalue weighted by atomic mass is 10.1. The Morgan fingerprint density at radius 3 is 2.92 bits per heavy atom. The Kier molecular flexibility index (Phi) is 5.27. The first-order valence-electron chi connectivity index (χ1n) is 7.52. The smallest absolute Gasteiger partial charge is 0.248 e. The van der Waals surface area contributed by atoms with E-state index in [1.54, 1.807) is 11.3 Å². The molecule has 0 aliphatic rings. The number of carbonyl (C=O) groups excluding carboxylic acids is 1. The third-order valence-corrected chi connectivity index (χ3v) is 4.58. The van der Waals surface area contributed by atoms with Crippen molar-refractivity contribution in [3.8, 4) is 11.5 Å². The number of thiophene rings is 1. The first-order chi connectivity index (χ1) is 11.6. The fraction of sp³-hybridized carbons (Fsp3) is 0.235. The average Bonchev–Trinajstić information content (AvgIpc) is 3.24. The van der Waals surface area contributed by atoms with Crippen LogP contribution in [0.15, 0.2) is 45.5 Å². The number of rotatable bonds is 6. The van der Waals surface area contributed by atoms with E-state index < -0.39 is 0 Å². The van der Waals surface area contributed by atoms with E-state index in [2.05, 4.69) is 15.5 Å². The maximum absolute atomic E-state index is 12.1. The molecule has 7 heteroatoms. The van der Waals surface area contributed by atoms with E-state index in [1.807, 2.05) is 48.0 Å². The number of aromatic nitrogens is 2. The highest BCUT2D eigenvalue weighted by Crippen LogP contribution is 2.23. The zero-order chi connectivity index (χ0) is 16.9. The van der Waals surface area contributed by atoms with Gasteiger partial charge < -0.3 is 9.73 Å². The SMILES string of the molecule is CC(NC(=O)CCc1nnc(-c2ccsc2)o1)c1ccccc1Cl. The van der Waals surface area contributed by atoms with Crippen molar-refractivity contribution in [2.24, 2.45) is 0 Å². The van der Waals surface area contributed by atoms with E-state index in [0.717, 1.165) is 11.1 Å². The van der Waals surface area contributed by atoms with Crippen LogP contribution in [0.1, 0.15) is 30.8 Å². The van der Waals surface area contributed by atoms with Crippen LogP contribution in [0, 0.1) is 0 Å². The normalized spacial score (nSPS) is 12.1. The molecule has 3 aromatic rings. The highest BCUT2D eigenvalue weighted by Gasteiger charge is 2.14. The molecular weight excluding hydrogens is 346 g/mol. The van der Waals surface area contributed by atoms with Gasteiger partial charge in [0.25, 0.3) is 0 Å². The number of aryl methyl sites for hydroxylation is 1. The lowest BCUT2D eigenvalue weighted by Gasteiger charge is -2.15. The standard InChI is InChI=1S/C17H16ClN3O2S/c1-11(13-4-2-3-5-14(13)18)19-15(22)6-7-16-20-21-17(23-16)12-8-9-24-10-12/h2-5,8-11H,6-7H2,1H3,(H,19,22). The number of benzene rings is 1. The van der Waals surface area contributed by atoms with Gasteiger partial charge >= 0.3 is 0 Å². The van der Waals surface area contributed by atoms with Gasteiger partial charge in [0, 0.05) is 28.8 Å². The second kappa shape index (κ2) is 7.59. The summed E-state index contributed by atoms with van der Waals surface area (Å²) in [5, 5.41) is 15.4. The minimum Gasteiger partial charge on any atom is -0.421 e. The zero-order valence-corrected chi connectivity index (χ0v) is 14.6. The lowest BCUT2D eigenvalue weighted by Crippen LogP contribution is -2.27. The number of amides is 1. The Morgan fingerprint density at radius 2 is 2.17 bits per heavy atom. The average molecular weight is 362 g/mol. The summed E-state index contributed by atoms with van der Waals surface area (Å²) in [4.78, 5) is 12.1. The van der Waals surface area contributed by atoms with Gasteiger partial charge in [0.15, 0.2) is 0 Å². The first-order valence-corrected chi connectivity index (χ1v) is 8.84. The maximum Gasteiger partial charge on any atom is 0.248 e. The predicted octanol–water partition coefficient (Wildman–Crippen LogP) is 4.26. The summed E-state index contributed by atoms with van der Waals surface area (Å²) in [5.41, 5.74) is 1.79. The van der Waals surface area contributed by atoms with Gasteiger partial charge in [-0.15, -0.1) is 10.2 Å². The fourth-order valence-corrected chi connectivity index (χ4v) is 3.22. The van der Waals surface area contributed by atoms with Crippen LogP contribution in [0.2, 0.25) is 5.02 Å². The van der Waals surface area contributed by atoms with Crippen molar-refractivity contribution in [2.75, 3.05) is 0 Å². The van der Waals surface area contributed by atoms with Crippen LogP contribution in [-0.2, 0) is 11.2 Å². The highest BCUT2D eigenvalue weighted by atomic mass is 35.5. The summed E-state index contributed by atoms with van der Waals surface area (Å²) < 4.78 is 5.57. The van der Waals surface area contributed by atoms with E-state index in [-0.39, 0.29) is 18.4 Å². The number of nitrogens with one attached hydrogen (secondary N) is 1. The molecule has 0 radical (unpaired) electrons.